The van der Waals surface area contributed by atoms with Crippen LogP contribution in [0.5, 0.6) is 0 Å². The summed E-state index contributed by atoms with van der Waals surface area (Å²) in [6.07, 6.45) is 3.99. The number of piperidine rings is 1. The van der Waals surface area contributed by atoms with Gasteiger partial charge in [-0.25, -0.2) is 4.98 Å². The molecule has 0 bridgehead atoms. The van der Waals surface area contributed by atoms with Crippen LogP contribution >= 0.6 is 0 Å². The van der Waals surface area contributed by atoms with E-state index >= 15 is 0 Å². The molecule has 0 radical (unpaired) electrons. The third-order valence-electron chi connectivity index (χ3n) is 6.40. The molecule has 1 aromatic carbocycles. The van der Waals surface area contributed by atoms with Crippen molar-refractivity contribution >= 4 is 28.9 Å². The lowest BCUT2D eigenvalue weighted by Gasteiger charge is -2.35. The van der Waals surface area contributed by atoms with Gasteiger partial charge < -0.3 is 15.6 Å². The van der Waals surface area contributed by atoms with E-state index in [0.29, 0.717) is 34.6 Å². The van der Waals surface area contributed by atoms with Gasteiger partial charge in [-0.2, -0.15) is 0 Å². The van der Waals surface area contributed by atoms with Crippen molar-refractivity contribution in [1.82, 2.24) is 14.9 Å². The lowest BCUT2D eigenvalue weighted by Crippen LogP contribution is -2.39. The smallest absolute Gasteiger partial charge is 0.211 e. The van der Waals surface area contributed by atoms with Crippen LogP contribution in [-0.4, -0.2) is 46.1 Å². The molecule has 30 heavy (non-hydrogen) atoms. The van der Waals surface area contributed by atoms with E-state index in [-0.39, 0.29) is 5.78 Å². The Morgan fingerprint density at radius 1 is 1.23 bits per heavy atom. The summed E-state index contributed by atoms with van der Waals surface area (Å²) in [7, 11) is 0. The van der Waals surface area contributed by atoms with Gasteiger partial charge in [0.2, 0.25) is 5.78 Å². The molecule has 0 aliphatic carbocycles. The van der Waals surface area contributed by atoms with Crippen LogP contribution in [0.1, 0.15) is 71.0 Å². The maximum absolute atomic E-state index is 12.9. The number of likely N-dealkylation sites (tertiary alicyclic amines) is 1. The second-order valence-electron chi connectivity index (χ2n) is 8.18. The van der Waals surface area contributed by atoms with E-state index in [9.17, 15) is 9.59 Å². The van der Waals surface area contributed by atoms with Crippen molar-refractivity contribution in [2.75, 3.05) is 18.8 Å². The molecule has 1 atom stereocenters. The van der Waals surface area contributed by atoms with Crippen molar-refractivity contribution < 1.29 is 9.59 Å². The van der Waals surface area contributed by atoms with E-state index in [2.05, 4.69) is 23.7 Å². The van der Waals surface area contributed by atoms with Gasteiger partial charge >= 0.3 is 0 Å². The second-order valence-corrected chi connectivity index (χ2v) is 8.18. The van der Waals surface area contributed by atoms with Gasteiger partial charge in [-0.3, -0.25) is 9.59 Å². The Labute approximate surface area is 176 Å². The zero-order chi connectivity index (χ0) is 21.3. The number of fused-ring (bicyclic) bond motifs is 1. The molecule has 6 heteroatoms. The van der Waals surface area contributed by atoms with E-state index in [1.807, 2.05) is 6.07 Å². The summed E-state index contributed by atoms with van der Waals surface area (Å²) in [4.78, 5) is 34.3. The molecule has 0 amide bonds. The van der Waals surface area contributed by atoms with Crippen molar-refractivity contribution in [2.24, 2.45) is 0 Å². The van der Waals surface area contributed by atoms with Crippen molar-refractivity contribution in [1.29, 1.82) is 0 Å². The molecule has 1 aliphatic heterocycles. The number of aldehydes is 1. The fraction of sp³-hybridized carbons (Fsp3) is 0.375. The van der Waals surface area contributed by atoms with E-state index in [1.54, 1.807) is 30.3 Å². The number of benzene rings is 1. The SMILES string of the molecule is CCC(C)N1CCC(c2c(N)[nH]c3ccc(C(=O)c4ccc(C=O)cc4)nc23)CC1. The minimum Gasteiger partial charge on any atom is -0.385 e. The van der Waals surface area contributed by atoms with Gasteiger partial charge in [0.1, 0.15) is 17.8 Å². The second kappa shape index (κ2) is 8.40. The molecule has 6 nitrogen and oxygen atoms in total. The van der Waals surface area contributed by atoms with Crippen molar-refractivity contribution in [3.05, 3.63) is 58.8 Å². The van der Waals surface area contributed by atoms with Crippen LogP contribution in [-0.2, 0) is 0 Å². The number of nitrogens with one attached hydrogen (secondary N) is 1. The quantitative estimate of drug-likeness (QED) is 0.475. The normalized spacial score (nSPS) is 16.6. The zero-order valence-corrected chi connectivity index (χ0v) is 17.5. The van der Waals surface area contributed by atoms with Gasteiger partial charge in [-0.1, -0.05) is 31.2 Å². The van der Waals surface area contributed by atoms with Crippen LogP contribution in [0.2, 0.25) is 0 Å². The maximum atomic E-state index is 12.9. The average Bonchev–Trinajstić information content (AvgIpc) is 3.13. The molecule has 3 N–H and O–H groups in total. The van der Waals surface area contributed by atoms with Gasteiger partial charge in [-0.15, -0.1) is 0 Å². The van der Waals surface area contributed by atoms with Gasteiger partial charge in [0, 0.05) is 22.7 Å². The predicted octanol–water partition coefficient (Wildman–Crippen LogP) is 4.17. The van der Waals surface area contributed by atoms with E-state index < -0.39 is 0 Å². The van der Waals surface area contributed by atoms with Crippen LogP contribution in [0.15, 0.2) is 36.4 Å². The number of rotatable bonds is 6. The number of nitrogen functional groups attached to an aromatic ring is 1. The molecule has 4 rings (SSSR count). The van der Waals surface area contributed by atoms with Crippen LogP contribution in [0.25, 0.3) is 11.0 Å². The standard InChI is InChI=1S/C24H28N4O2/c1-3-15(2)28-12-10-17(11-13-28)21-22-19(27-24(21)25)8-9-20(26-22)23(30)18-6-4-16(14-29)5-7-18/h4-9,14-15,17,27H,3,10-13,25H2,1-2H3. The Bertz CT molecular complexity index is 1060. The third-order valence-corrected chi connectivity index (χ3v) is 6.40. The van der Waals surface area contributed by atoms with Gasteiger partial charge in [0.25, 0.3) is 0 Å². The van der Waals surface area contributed by atoms with Gasteiger partial charge in [-0.05, 0) is 57.3 Å². The highest BCUT2D eigenvalue weighted by Crippen LogP contribution is 2.37. The molecule has 1 fully saturated rings. The summed E-state index contributed by atoms with van der Waals surface area (Å²) < 4.78 is 0. The number of aromatic nitrogens is 2. The van der Waals surface area contributed by atoms with Crippen LogP contribution in [0, 0.1) is 0 Å². The summed E-state index contributed by atoms with van der Waals surface area (Å²) in [5.41, 5.74) is 10.5. The summed E-state index contributed by atoms with van der Waals surface area (Å²) >= 11 is 0. The number of anilines is 1. The Morgan fingerprint density at radius 3 is 2.57 bits per heavy atom. The molecule has 3 heterocycles. The number of carbonyl (C=O) groups excluding carboxylic acids is 2. The average molecular weight is 405 g/mol. The van der Waals surface area contributed by atoms with Crippen molar-refractivity contribution in [2.45, 2.75) is 45.1 Å². The number of hydrogen-bond acceptors (Lipinski definition) is 5. The first kappa shape index (κ1) is 20.3. The number of nitrogens with zero attached hydrogens (tertiary/aromatic N) is 2. The topological polar surface area (TPSA) is 92.1 Å². The first-order valence-corrected chi connectivity index (χ1v) is 10.6. The highest BCUT2D eigenvalue weighted by molar-refractivity contribution is 6.09. The predicted molar refractivity (Wildman–Crippen MR) is 119 cm³/mol. The summed E-state index contributed by atoms with van der Waals surface area (Å²) in [5, 5.41) is 0. The van der Waals surface area contributed by atoms with Crippen LogP contribution < -0.4 is 5.73 Å². The monoisotopic (exact) mass is 404 g/mol. The Kier molecular flexibility index (Phi) is 5.68. The zero-order valence-electron chi connectivity index (χ0n) is 17.5. The summed E-state index contributed by atoms with van der Waals surface area (Å²) in [6.45, 7) is 6.60. The van der Waals surface area contributed by atoms with Gasteiger partial charge in [0.15, 0.2) is 0 Å². The number of carbonyl (C=O) groups is 2. The Balaban J connectivity index is 1.63. The minimum absolute atomic E-state index is 0.160. The first-order chi connectivity index (χ1) is 14.5. The molecular formula is C24H28N4O2. The van der Waals surface area contributed by atoms with Gasteiger partial charge in [0.05, 0.1) is 11.0 Å². The molecular weight excluding hydrogens is 376 g/mol. The largest absolute Gasteiger partial charge is 0.385 e. The lowest BCUT2D eigenvalue weighted by molar-refractivity contribution is 0.103. The summed E-state index contributed by atoms with van der Waals surface area (Å²) in [5.74, 6) is 0.829. The van der Waals surface area contributed by atoms with Crippen LogP contribution in [0.3, 0.4) is 0 Å². The highest BCUT2D eigenvalue weighted by atomic mass is 16.1. The molecule has 1 unspecified atom stereocenters. The molecule has 3 aromatic rings. The fourth-order valence-electron chi connectivity index (χ4n) is 4.39. The molecule has 1 aliphatic rings. The number of hydrogen-bond donors (Lipinski definition) is 2. The molecule has 2 aromatic heterocycles. The lowest BCUT2D eigenvalue weighted by atomic mass is 9.89. The number of pyridine rings is 1. The molecule has 0 spiro atoms. The number of ketones is 1. The maximum Gasteiger partial charge on any atom is 0.211 e. The number of aromatic amines is 1. The van der Waals surface area contributed by atoms with Crippen molar-refractivity contribution in [3.8, 4) is 0 Å². The van der Waals surface area contributed by atoms with E-state index in [4.69, 9.17) is 10.7 Å². The Morgan fingerprint density at radius 2 is 1.93 bits per heavy atom. The Hall–Kier alpha value is -2.99. The highest BCUT2D eigenvalue weighted by Gasteiger charge is 2.27. The van der Waals surface area contributed by atoms with E-state index in [0.717, 1.165) is 55.2 Å². The van der Waals surface area contributed by atoms with Crippen LogP contribution in [0.4, 0.5) is 5.82 Å². The minimum atomic E-state index is -0.160. The molecule has 156 valence electrons. The fourth-order valence-corrected chi connectivity index (χ4v) is 4.39. The molecule has 1 saturated heterocycles. The first-order valence-electron chi connectivity index (χ1n) is 10.6. The number of H-pyrrole nitrogens is 1. The molecule has 0 saturated carbocycles. The summed E-state index contributed by atoms with van der Waals surface area (Å²) in [6, 6.07) is 10.8. The number of nitrogens with two attached hydrogens (primary N) is 1. The van der Waals surface area contributed by atoms with Crippen molar-refractivity contribution in [3.63, 3.8) is 0 Å². The third kappa shape index (κ3) is 3.75. The van der Waals surface area contributed by atoms with E-state index in [1.165, 1.54) is 0 Å².